The molecule has 3 aromatic rings. The van der Waals surface area contributed by atoms with Crippen molar-refractivity contribution in [1.82, 2.24) is 9.97 Å². The molecule has 0 amide bonds. The van der Waals surface area contributed by atoms with Crippen molar-refractivity contribution in [2.45, 2.75) is 19.9 Å². The van der Waals surface area contributed by atoms with Gasteiger partial charge in [-0.2, -0.15) is 4.98 Å². The van der Waals surface area contributed by atoms with Crippen LogP contribution in [0.2, 0.25) is 0 Å². The van der Waals surface area contributed by atoms with Crippen LogP contribution in [-0.4, -0.2) is 29.1 Å². The molecule has 0 atom stereocenters. The fraction of sp³-hybridized carbons (Fsp3) is 0.190. The molecule has 2 aromatic carbocycles. The molecular formula is C21H22N4O2. The number of anilines is 3. The molecule has 0 radical (unpaired) electrons. The van der Waals surface area contributed by atoms with Crippen LogP contribution in [0.1, 0.15) is 24.2 Å². The maximum absolute atomic E-state index is 11.7. The van der Waals surface area contributed by atoms with Gasteiger partial charge in [0.25, 0.3) is 0 Å². The van der Waals surface area contributed by atoms with Crippen LogP contribution in [0.3, 0.4) is 0 Å². The summed E-state index contributed by atoms with van der Waals surface area (Å²) in [6.45, 7) is 4.07. The molecule has 0 saturated carbocycles. The Labute approximate surface area is 158 Å². The normalized spacial score (nSPS) is 10.5. The van der Waals surface area contributed by atoms with Gasteiger partial charge in [-0.05, 0) is 32.0 Å². The summed E-state index contributed by atoms with van der Waals surface area (Å²) in [6, 6.07) is 19.1. The zero-order valence-electron chi connectivity index (χ0n) is 15.6. The maximum Gasteiger partial charge on any atom is 0.337 e. The van der Waals surface area contributed by atoms with Gasteiger partial charge in [-0.1, -0.05) is 36.4 Å². The van der Waals surface area contributed by atoms with Crippen LogP contribution in [0.15, 0.2) is 60.7 Å². The minimum absolute atomic E-state index is 0.200. The van der Waals surface area contributed by atoms with Crippen molar-refractivity contribution in [2.24, 2.45) is 0 Å². The Morgan fingerprint density at radius 1 is 1.00 bits per heavy atom. The van der Waals surface area contributed by atoms with Crippen LogP contribution < -0.4 is 10.6 Å². The number of nitrogens with one attached hydrogen (secondary N) is 2. The van der Waals surface area contributed by atoms with E-state index in [0.29, 0.717) is 17.3 Å². The highest BCUT2D eigenvalue weighted by molar-refractivity contribution is 5.90. The van der Waals surface area contributed by atoms with E-state index in [-0.39, 0.29) is 12.0 Å². The molecule has 0 unspecified atom stereocenters. The Kier molecular flexibility index (Phi) is 5.66. The van der Waals surface area contributed by atoms with Crippen LogP contribution in [0.5, 0.6) is 0 Å². The number of ether oxygens (including phenoxy) is 1. The summed E-state index contributed by atoms with van der Waals surface area (Å²) in [5.74, 6) is 0.792. The lowest BCUT2D eigenvalue weighted by Crippen LogP contribution is -2.13. The zero-order valence-corrected chi connectivity index (χ0v) is 15.6. The monoisotopic (exact) mass is 362 g/mol. The van der Waals surface area contributed by atoms with Gasteiger partial charge in [0.15, 0.2) is 0 Å². The number of aromatic nitrogens is 2. The van der Waals surface area contributed by atoms with E-state index in [1.165, 1.54) is 7.11 Å². The first kappa shape index (κ1) is 18.4. The second-order valence-corrected chi connectivity index (χ2v) is 6.32. The van der Waals surface area contributed by atoms with Gasteiger partial charge in [-0.15, -0.1) is 0 Å². The highest BCUT2D eigenvalue weighted by atomic mass is 16.5. The number of rotatable bonds is 6. The molecule has 2 N–H and O–H groups in total. The number of hydrogen-bond acceptors (Lipinski definition) is 6. The van der Waals surface area contributed by atoms with E-state index in [9.17, 15) is 4.79 Å². The number of hydrogen-bond donors (Lipinski definition) is 2. The second kappa shape index (κ2) is 8.31. The molecule has 1 aromatic heterocycles. The quantitative estimate of drug-likeness (QED) is 0.629. The number of nitrogens with zero attached hydrogens (tertiary/aromatic N) is 2. The topological polar surface area (TPSA) is 76.1 Å². The van der Waals surface area contributed by atoms with Gasteiger partial charge in [-0.25, -0.2) is 9.78 Å². The fourth-order valence-electron chi connectivity index (χ4n) is 2.58. The number of methoxy groups -OCH3 is 1. The average Bonchev–Trinajstić information content (AvgIpc) is 2.67. The predicted octanol–water partition coefficient (Wildman–Crippen LogP) is 4.49. The molecule has 0 aliphatic carbocycles. The van der Waals surface area contributed by atoms with Crippen LogP contribution in [0.4, 0.5) is 17.5 Å². The fourth-order valence-corrected chi connectivity index (χ4v) is 2.58. The van der Waals surface area contributed by atoms with Gasteiger partial charge in [0.2, 0.25) is 5.95 Å². The van der Waals surface area contributed by atoms with Crippen molar-refractivity contribution in [2.75, 3.05) is 17.7 Å². The molecule has 0 aliphatic rings. The van der Waals surface area contributed by atoms with Crippen molar-refractivity contribution >= 4 is 23.4 Å². The average molecular weight is 362 g/mol. The van der Waals surface area contributed by atoms with E-state index >= 15 is 0 Å². The molecule has 3 rings (SSSR count). The Balaban J connectivity index is 1.96. The molecule has 138 valence electrons. The first-order valence-electron chi connectivity index (χ1n) is 8.71. The number of carbonyl (C=O) groups is 1. The summed E-state index contributed by atoms with van der Waals surface area (Å²) in [7, 11) is 1.36. The van der Waals surface area contributed by atoms with Crippen molar-refractivity contribution in [1.29, 1.82) is 0 Å². The van der Waals surface area contributed by atoms with Crippen molar-refractivity contribution in [3.8, 4) is 11.3 Å². The second-order valence-electron chi connectivity index (χ2n) is 6.32. The first-order chi connectivity index (χ1) is 13.0. The Morgan fingerprint density at radius 3 is 2.48 bits per heavy atom. The summed E-state index contributed by atoms with van der Waals surface area (Å²) in [6.07, 6.45) is 0. The molecule has 0 saturated heterocycles. The van der Waals surface area contributed by atoms with Crippen LogP contribution in [-0.2, 0) is 4.74 Å². The van der Waals surface area contributed by atoms with Crippen LogP contribution >= 0.6 is 0 Å². The van der Waals surface area contributed by atoms with E-state index in [1.54, 1.807) is 18.2 Å². The Morgan fingerprint density at radius 2 is 1.78 bits per heavy atom. The van der Waals surface area contributed by atoms with Gasteiger partial charge in [0.1, 0.15) is 5.82 Å². The lowest BCUT2D eigenvalue weighted by molar-refractivity contribution is 0.0601. The third kappa shape index (κ3) is 4.82. The van der Waals surface area contributed by atoms with Gasteiger partial charge >= 0.3 is 5.97 Å². The Bertz CT molecular complexity index is 926. The highest BCUT2D eigenvalue weighted by Gasteiger charge is 2.10. The minimum atomic E-state index is -0.381. The van der Waals surface area contributed by atoms with Crippen molar-refractivity contribution in [3.05, 3.63) is 66.2 Å². The zero-order chi connectivity index (χ0) is 19.2. The molecule has 27 heavy (non-hydrogen) atoms. The molecule has 0 spiro atoms. The Hall–Kier alpha value is -3.41. The first-order valence-corrected chi connectivity index (χ1v) is 8.71. The molecular weight excluding hydrogens is 340 g/mol. The predicted molar refractivity (Wildman–Crippen MR) is 107 cm³/mol. The number of esters is 1. The van der Waals surface area contributed by atoms with Crippen LogP contribution in [0, 0.1) is 0 Å². The maximum atomic E-state index is 11.7. The van der Waals surface area contributed by atoms with E-state index < -0.39 is 0 Å². The SMILES string of the molecule is COC(=O)c1cccc(Nc2cc(-c3ccccc3)nc(NC(C)C)n2)c1. The van der Waals surface area contributed by atoms with E-state index in [4.69, 9.17) is 4.74 Å². The van der Waals surface area contributed by atoms with Gasteiger partial charge in [0, 0.05) is 23.4 Å². The highest BCUT2D eigenvalue weighted by Crippen LogP contribution is 2.24. The van der Waals surface area contributed by atoms with E-state index in [2.05, 4.69) is 20.6 Å². The van der Waals surface area contributed by atoms with Crippen molar-refractivity contribution in [3.63, 3.8) is 0 Å². The summed E-state index contributed by atoms with van der Waals surface area (Å²) < 4.78 is 4.78. The van der Waals surface area contributed by atoms with Crippen LogP contribution in [0.25, 0.3) is 11.3 Å². The third-order valence-electron chi connectivity index (χ3n) is 3.77. The lowest BCUT2D eigenvalue weighted by atomic mass is 10.1. The molecule has 1 heterocycles. The molecule has 0 fully saturated rings. The molecule has 0 aliphatic heterocycles. The van der Waals surface area contributed by atoms with E-state index in [0.717, 1.165) is 16.9 Å². The lowest BCUT2D eigenvalue weighted by Gasteiger charge is -2.13. The van der Waals surface area contributed by atoms with Crippen molar-refractivity contribution < 1.29 is 9.53 Å². The van der Waals surface area contributed by atoms with Gasteiger partial charge < -0.3 is 15.4 Å². The summed E-state index contributed by atoms with van der Waals surface area (Å²) >= 11 is 0. The number of carbonyl (C=O) groups excluding carboxylic acids is 1. The molecule has 6 heteroatoms. The van der Waals surface area contributed by atoms with E-state index in [1.807, 2.05) is 56.3 Å². The summed E-state index contributed by atoms with van der Waals surface area (Å²) in [5.41, 5.74) is 3.02. The minimum Gasteiger partial charge on any atom is -0.465 e. The standard InChI is InChI=1S/C21H22N4O2/c1-14(2)22-21-24-18(15-8-5-4-6-9-15)13-19(25-21)23-17-11-7-10-16(12-17)20(26)27-3/h4-14H,1-3H3,(H2,22,23,24,25). The van der Waals surface area contributed by atoms with Gasteiger partial charge in [-0.3, -0.25) is 0 Å². The summed E-state index contributed by atoms with van der Waals surface area (Å²) in [4.78, 5) is 20.9. The molecule has 6 nitrogen and oxygen atoms in total. The third-order valence-corrected chi connectivity index (χ3v) is 3.77. The number of benzene rings is 2. The van der Waals surface area contributed by atoms with Gasteiger partial charge in [0.05, 0.1) is 18.4 Å². The summed E-state index contributed by atoms with van der Waals surface area (Å²) in [5, 5.41) is 6.49. The largest absolute Gasteiger partial charge is 0.465 e. The smallest absolute Gasteiger partial charge is 0.337 e. The molecule has 0 bridgehead atoms.